The van der Waals surface area contributed by atoms with Gasteiger partial charge in [0.05, 0.1) is 26.8 Å². The number of hydrogen-bond donors (Lipinski definition) is 2. The van der Waals surface area contributed by atoms with Crippen LogP contribution in [0.2, 0.25) is 5.02 Å². The van der Waals surface area contributed by atoms with Gasteiger partial charge < -0.3 is 15.4 Å². The number of carbonyl (C=O) groups is 2. The highest BCUT2D eigenvalue weighted by Crippen LogP contribution is 2.37. The van der Waals surface area contributed by atoms with Gasteiger partial charge in [-0.25, -0.2) is 0 Å². The molecule has 164 valence electrons. The molecule has 31 heavy (non-hydrogen) atoms. The van der Waals surface area contributed by atoms with Crippen molar-refractivity contribution in [1.29, 1.82) is 0 Å². The number of ether oxygens (including phenoxy) is 1. The third-order valence-electron chi connectivity index (χ3n) is 4.47. The average molecular weight is 458 g/mol. The fourth-order valence-corrected chi connectivity index (χ4v) is 3.17. The van der Waals surface area contributed by atoms with Crippen molar-refractivity contribution in [2.24, 2.45) is 0 Å². The summed E-state index contributed by atoms with van der Waals surface area (Å²) in [4.78, 5) is 34.7. The highest BCUT2D eigenvalue weighted by atomic mass is 35.5. The number of rotatable bonds is 5. The first-order valence-corrected chi connectivity index (χ1v) is 9.33. The molecule has 1 saturated heterocycles. The Morgan fingerprint density at radius 2 is 1.90 bits per heavy atom. The van der Waals surface area contributed by atoms with Crippen LogP contribution in [-0.4, -0.2) is 29.4 Å². The molecule has 3 rings (SSSR count). The van der Waals surface area contributed by atoms with Crippen LogP contribution in [0.25, 0.3) is 0 Å². The maximum atomic E-state index is 13.6. The molecule has 8 nitrogen and oxygen atoms in total. The molecular formula is C19H15ClF3N3O5. The van der Waals surface area contributed by atoms with E-state index in [1.807, 2.05) is 0 Å². The summed E-state index contributed by atoms with van der Waals surface area (Å²) in [5, 5.41) is 15.2. The van der Waals surface area contributed by atoms with Crippen LogP contribution >= 0.6 is 11.6 Å². The molecule has 1 aliphatic rings. The van der Waals surface area contributed by atoms with E-state index in [4.69, 9.17) is 16.3 Å². The number of nitro groups is 1. The number of nitrogens with zero attached hydrogens (tertiary/aromatic N) is 1. The molecule has 0 saturated carbocycles. The van der Waals surface area contributed by atoms with Gasteiger partial charge in [0.2, 0.25) is 0 Å². The Kier molecular flexibility index (Phi) is 6.46. The fourth-order valence-electron chi connectivity index (χ4n) is 2.96. The SMILES string of the molecule is O=C(Nc1ccc(NC(=O)C2CCCO2)cc1C(F)(F)F)c1cc([N+](=O)[O-])ccc1Cl. The summed E-state index contributed by atoms with van der Waals surface area (Å²) < 4.78 is 45.9. The third kappa shape index (κ3) is 5.30. The Hall–Kier alpha value is -3.18. The summed E-state index contributed by atoms with van der Waals surface area (Å²) in [5.74, 6) is -1.62. The number of nitro benzene ring substituents is 1. The molecule has 1 heterocycles. The van der Waals surface area contributed by atoms with E-state index in [2.05, 4.69) is 10.6 Å². The van der Waals surface area contributed by atoms with Gasteiger partial charge in [-0.2, -0.15) is 13.2 Å². The summed E-state index contributed by atoms with van der Waals surface area (Å²) in [6.07, 6.45) is -4.45. The van der Waals surface area contributed by atoms with Gasteiger partial charge in [-0.1, -0.05) is 11.6 Å². The zero-order valence-corrected chi connectivity index (χ0v) is 16.4. The number of nitrogens with one attached hydrogen (secondary N) is 2. The monoisotopic (exact) mass is 457 g/mol. The molecule has 0 bridgehead atoms. The van der Waals surface area contributed by atoms with Gasteiger partial charge in [0.25, 0.3) is 17.5 Å². The number of amides is 2. The molecule has 1 unspecified atom stereocenters. The first kappa shape index (κ1) is 22.5. The summed E-state index contributed by atoms with van der Waals surface area (Å²) in [7, 11) is 0. The van der Waals surface area contributed by atoms with Crippen molar-refractivity contribution in [3.63, 3.8) is 0 Å². The Bertz CT molecular complexity index is 1040. The largest absolute Gasteiger partial charge is 0.418 e. The first-order valence-electron chi connectivity index (χ1n) is 8.95. The molecule has 2 aromatic carbocycles. The fraction of sp³-hybridized carbons (Fsp3) is 0.263. The van der Waals surface area contributed by atoms with Crippen molar-refractivity contribution in [2.75, 3.05) is 17.2 Å². The van der Waals surface area contributed by atoms with E-state index in [1.165, 1.54) is 6.07 Å². The Morgan fingerprint density at radius 1 is 1.16 bits per heavy atom. The molecule has 0 aliphatic carbocycles. The van der Waals surface area contributed by atoms with E-state index in [-0.39, 0.29) is 16.3 Å². The second kappa shape index (κ2) is 8.90. The smallest absolute Gasteiger partial charge is 0.368 e. The van der Waals surface area contributed by atoms with Crippen molar-refractivity contribution in [1.82, 2.24) is 0 Å². The zero-order valence-electron chi connectivity index (χ0n) is 15.7. The first-order chi connectivity index (χ1) is 14.6. The number of halogens is 4. The van der Waals surface area contributed by atoms with E-state index >= 15 is 0 Å². The van der Waals surface area contributed by atoms with E-state index < -0.39 is 46.0 Å². The van der Waals surface area contributed by atoms with Crippen LogP contribution in [0, 0.1) is 10.1 Å². The molecule has 1 fully saturated rings. The van der Waals surface area contributed by atoms with Gasteiger partial charge in [-0.05, 0) is 37.1 Å². The van der Waals surface area contributed by atoms with Gasteiger partial charge in [0.15, 0.2) is 0 Å². The number of alkyl halides is 3. The van der Waals surface area contributed by atoms with Crippen LogP contribution in [0.3, 0.4) is 0 Å². The van der Waals surface area contributed by atoms with Crippen molar-refractivity contribution in [3.05, 3.63) is 62.7 Å². The molecule has 2 N–H and O–H groups in total. The molecule has 1 aliphatic heterocycles. The average Bonchev–Trinajstić information content (AvgIpc) is 3.23. The van der Waals surface area contributed by atoms with Crippen LogP contribution in [0.5, 0.6) is 0 Å². The highest BCUT2D eigenvalue weighted by molar-refractivity contribution is 6.34. The molecule has 12 heteroatoms. The molecule has 0 spiro atoms. The highest BCUT2D eigenvalue weighted by Gasteiger charge is 2.35. The number of benzene rings is 2. The van der Waals surface area contributed by atoms with E-state index in [1.54, 1.807) is 0 Å². The van der Waals surface area contributed by atoms with Crippen LogP contribution < -0.4 is 10.6 Å². The summed E-state index contributed by atoms with van der Waals surface area (Å²) in [5.41, 5.74) is -2.75. The Balaban J connectivity index is 1.87. The maximum absolute atomic E-state index is 13.6. The van der Waals surface area contributed by atoms with E-state index in [0.29, 0.717) is 25.5 Å². The van der Waals surface area contributed by atoms with Crippen molar-refractivity contribution in [2.45, 2.75) is 25.1 Å². The minimum absolute atomic E-state index is 0.126. The lowest BCUT2D eigenvalue weighted by Crippen LogP contribution is -2.27. The van der Waals surface area contributed by atoms with Crippen molar-refractivity contribution >= 4 is 40.5 Å². The quantitative estimate of drug-likeness (QED) is 0.502. The van der Waals surface area contributed by atoms with Gasteiger partial charge >= 0.3 is 6.18 Å². The molecule has 2 amide bonds. The van der Waals surface area contributed by atoms with E-state index in [0.717, 1.165) is 24.3 Å². The number of carbonyl (C=O) groups excluding carboxylic acids is 2. The molecule has 2 aromatic rings. The van der Waals surface area contributed by atoms with Crippen molar-refractivity contribution < 1.29 is 32.4 Å². The lowest BCUT2D eigenvalue weighted by Gasteiger charge is -2.17. The van der Waals surface area contributed by atoms with Gasteiger partial charge in [-0.15, -0.1) is 0 Å². The maximum Gasteiger partial charge on any atom is 0.418 e. The predicted molar refractivity (Wildman–Crippen MR) is 105 cm³/mol. The second-order valence-corrected chi connectivity index (χ2v) is 7.03. The lowest BCUT2D eigenvalue weighted by molar-refractivity contribution is -0.384. The van der Waals surface area contributed by atoms with Crippen LogP contribution in [-0.2, 0) is 15.7 Å². The Morgan fingerprint density at radius 3 is 2.52 bits per heavy atom. The zero-order chi connectivity index (χ0) is 22.8. The molecule has 0 aromatic heterocycles. The molecule has 0 radical (unpaired) electrons. The number of anilines is 2. The van der Waals surface area contributed by atoms with Crippen LogP contribution in [0.1, 0.15) is 28.8 Å². The molecule has 1 atom stereocenters. The second-order valence-electron chi connectivity index (χ2n) is 6.62. The lowest BCUT2D eigenvalue weighted by atomic mass is 10.1. The topological polar surface area (TPSA) is 111 Å². The number of hydrogen-bond acceptors (Lipinski definition) is 5. The standard InChI is InChI=1S/C19H15ClF3N3O5/c20-14-5-4-11(26(29)30)9-12(14)17(27)25-15-6-3-10(8-13(15)19(21,22)23)24-18(28)16-2-1-7-31-16/h3-6,8-9,16H,1-2,7H2,(H,24,28)(H,25,27). The van der Waals surface area contributed by atoms with Crippen LogP contribution in [0.15, 0.2) is 36.4 Å². The van der Waals surface area contributed by atoms with Gasteiger partial charge in [-0.3, -0.25) is 19.7 Å². The van der Waals surface area contributed by atoms with Gasteiger partial charge in [0, 0.05) is 24.4 Å². The normalized spacial score (nSPS) is 16.1. The van der Waals surface area contributed by atoms with Crippen molar-refractivity contribution in [3.8, 4) is 0 Å². The summed E-state index contributed by atoms with van der Waals surface area (Å²) in [6.45, 7) is 0.400. The minimum atomic E-state index is -4.86. The molecular weight excluding hydrogens is 443 g/mol. The minimum Gasteiger partial charge on any atom is -0.368 e. The predicted octanol–water partition coefficient (Wildman–Crippen LogP) is 4.64. The van der Waals surface area contributed by atoms with E-state index in [9.17, 15) is 32.9 Å². The number of non-ortho nitro benzene ring substituents is 1. The summed E-state index contributed by atoms with van der Waals surface area (Å²) >= 11 is 5.87. The van der Waals surface area contributed by atoms with Crippen LogP contribution in [0.4, 0.5) is 30.2 Å². The summed E-state index contributed by atoms with van der Waals surface area (Å²) in [6, 6.07) is 5.86. The third-order valence-corrected chi connectivity index (χ3v) is 4.80. The Labute approximate surface area is 178 Å². The van der Waals surface area contributed by atoms with Gasteiger partial charge in [0.1, 0.15) is 6.10 Å².